The van der Waals surface area contributed by atoms with Gasteiger partial charge in [0.25, 0.3) is 0 Å². The molecule has 9 nitrogen and oxygen atoms in total. The van der Waals surface area contributed by atoms with E-state index in [0.29, 0.717) is 25.7 Å². The van der Waals surface area contributed by atoms with E-state index < -0.39 is 49.9 Å². The Labute approximate surface area is 209 Å². The van der Waals surface area contributed by atoms with Crippen LogP contribution in [0.3, 0.4) is 0 Å². The number of hydrogen-bond donors (Lipinski definition) is 2. The second kappa shape index (κ2) is 9.90. The van der Waals surface area contributed by atoms with Crippen molar-refractivity contribution in [1.29, 1.82) is 0 Å². The predicted molar refractivity (Wildman–Crippen MR) is 133 cm³/mol. The Kier molecular flexibility index (Phi) is 7.25. The Morgan fingerprint density at radius 2 is 1.57 bits per heavy atom. The van der Waals surface area contributed by atoms with E-state index in [1.54, 1.807) is 18.2 Å². The predicted octanol–water partition coefficient (Wildman–Crippen LogP) is 3.49. The molecule has 1 aromatic heterocycles. The fraction of sp³-hybridized carbons (Fsp3) is 0.273. The average Bonchev–Trinajstić information content (AvgIpc) is 3.51. The fourth-order valence-corrected chi connectivity index (χ4v) is 9.04. The molecule has 13 heteroatoms. The lowest BCUT2D eigenvalue weighted by atomic mass is 10.3. The molecule has 0 spiro atoms. The highest BCUT2D eigenvalue weighted by molar-refractivity contribution is 7.94. The summed E-state index contributed by atoms with van der Waals surface area (Å²) in [6, 6.07) is 13.1. The SMILES string of the molecule is NS(=O)(=O)c1cc(S(=O)(=O)Oc2ccccc2)c(NCc2cccs2)cc1S(=O)(=O)C1CCCC1. The molecule has 2 aromatic carbocycles. The Morgan fingerprint density at radius 1 is 0.886 bits per heavy atom. The van der Waals surface area contributed by atoms with E-state index in [-0.39, 0.29) is 18.0 Å². The second-order valence-electron chi connectivity index (χ2n) is 8.08. The van der Waals surface area contributed by atoms with Crippen LogP contribution in [-0.4, -0.2) is 30.5 Å². The third-order valence-corrected chi connectivity index (χ3v) is 11.2. The second-order valence-corrected chi connectivity index (χ2v) is 14.3. The summed E-state index contributed by atoms with van der Waals surface area (Å²) < 4.78 is 83.4. The molecule has 1 fully saturated rings. The molecule has 188 valence electrons. The molecule has 1 heterocycles. The van der Waals surface area contributed by atoms with Gasteiger partial charge in [-0.15, -0.1) is 11.3 Å². The molecular formula is C22H24N2O7S4. The van der Waals surface area contributed by atoms with Crippen molar-refractivity contribution < 1.29 is 29.4 Å². The van der Waals surface area contributed by atoms with Crippen LogP contribution in [0.5, 0.6) is 5.75 Å². The number of hydrogen-bond acceptors (Lipinski definition) is 9. The number of benzene rings is 2. The third-order valence-electron chi connectivity index (χ3n) is 5.65. The first-order valence-electron chi connectivity index (χ1n) is 10.7. The van der Waals surface area contributed by atoms with Crippen LogP contribution in [0.2, 0.25) is 0 Å². The summed E-state index contributed by atoms with van der Waals surface area (Å²) in [5.41, 5.74) is -0.0988. The molecule has 3 aromatic rings. The Bertz CT molecular complexity index is 1510. The maximum Gasteiger partial charge on any atom is 0.341 e. The van der Waals surface area contributed by atoms with Gasteiger partial charge in [-0.3, -0.25) is 0 Å². The normalized spacial score (nSPS) is 15.2. The van der Waals surface area contributed by atoms with E-state index in [0.717, 1.165) is 17.0 Å². The van der Waals surface area contributed by atoms with E-state index in [1.807, 2.05) is 17.5 Å². The highest BCUT2D eigenvalue weighted by atomic mass is 32.2. The van der Waals surface area contributed by atoms with E-state index >= 15 is 0 Å². The molecule has 1 saturated carbocycles. The van der Waals surface area contributed by atoms with E-state index in [1.165, 1.54) is 23.5 Å². The van der Waals surface area contributed by atoms with Gasteiger partial charge in [0.1, 0.15) is 15.5 Å². The van der Waals surface area contributed by atoms with Gasteiger partial charge in [-0.1, -0.05) is 37.1 Å². The van der Waals surface area contributed by atoms with Gasteiger partial charge >= 0.3 is 10.1 Å². The quantitative estimate of drug-likeness (QED) is 0.380. The van der Waals surface area contributed by atoms with Crippen LogP contribution >= 0.6 is 11.3 Å². The van der Waals surface area contributed by atoms with Crippen molar-refractivity contribution in [3.05, 3.63) is 64.9 Å². The van der Waals surface area contributed by atoms with Crippen molar-refractivity contribution in [1.82, 2.24) is 0 Å². The van der Waals surface area contributed by atoms with E-state index in [9.17, 15) is 25.3 Å². The molecule has 35 heavy (non-hydrogen) atoms. The molecule has 1 aliphatic carbocycles. The summed E-state index contributed by atoms with van der Waals surface area (Å²) in [4.78, 5) is -0.971. The lowest BCUT2D eigenvalue weighted by Gasteiger charge is -2.19. The van der Waals surface area contributed by atoms with Crippen molar-refractivity contribution in [2.75, 3.05) is 5.32 Å². The van der Waals surface area contributed by atoms with Gasteiger partial charge in [0, 0.05) is 11.4 Å². The lowest BCUT2D eigenvalue weighted by Crippen LogP contribution is -2.24. The zero-order chi connectivity index (χ0) is 25.3. The van der Waals surface area contributed by atoms with Crippen molar-refractivity contribution in [2.24, 2.45) is 5.14 Å². The minimum atomic E-state index is -4.60. The molecular weight excluding hydrogens is 533 g/mol. The number of anilines is 1. The number of thiophene rings is 1. The number of sulfonamides is 1. The highest BCUT2D eigenvalue weighted by Crippen LogP contribution is 2.37. The summed E-state index contributed by atoms with van der Waals surface area (Å²) in [5, 5.41) is 9.39. The van der Waals surface area contributed by atoms with Crippen LogP contribution < -0.4 is 14.6 Å². The van der Waals surface area contributed by atoms with Crippen LogP contribution in [0, 0.1) is 0 Å². The van der Waals surface area contributed by atoms with Crippen molar-refractivity contribution >= 4 is 47.0 Å². The first-order valence-corrected chi connectivity index (χ1v) is 16.1. The zero-order valence-corrected chi connectivity index (χ0v) is 21.7. The maximum absolute atomic E-state index is 13.4. The number of nitrogens with two attached hydrogens (primary N) is 1. The number of primary sulfonamides is 1. The Hall–Kier alpha value is -2.45. The molecule has 0 unspecified atom stereocenters. The van der Waals surface area contributed by atoms with Crippen LogP contribution in [0.25, 0.3) is 0 Å². The molecule has 4 rings (SSSR count). The lowest BCUT2D eigenvalue weighted by molar-refractivity contribution is 0.486. The summed E-state index contributed by atoms with van der Waals surface area (Å²) >= 11 is 1.42. The molecule has 1 aliphatic rings. The van der Waals surface area contributed by atoms with E-state index in [2.05, 4.69) is 5.32 Å². The van der Waals surface area contributed by atoms with Crippen LogP contribution in [0.15, 0.2) is 74.7 Å². The van der Waals surface area contributed by atoms with Crippen LogP contribution in [0.4, 0.5) is 5.69 Å². The summed E-state index contributed by atoms with van der Waals surface area (Å²) in [6.07, 6.45) is 2.19. The first-order chi connectivity index (χ1) is 16.5. The topological polar surface area (TPSA) is 150 Å². The number of para-hydroxylation sites is 1. The van der Waals surface area contributed by atoms with Gasteiger partial charge < -0.3 is 9.50 Å². The Balaban J connectivity index is 1.89. The third kappa shape index (κ3) is 5.70. The monoisotopic (exact) mass is 556 g/mol. The van der Waals surface area contributed by atoms with Gasteiger partial charge in [0.2, 0.25) is 10.0 Å². The summed E-state index contributed by atoms with van der Waals surface area (Å²) in [6.45, 7) is 0.184. The molecule has 0 atom stereocenters. The number of nitrogens with one attached hydrogen (secondary N) is 1. The smallest absolute Gasteiger partial charge is 0.341 e. The van der Waals surface area contributed by atoms with Crippen molar-refractivity contribution in [2.45, 2.75) is 52.2 Å². The average molecular weight is 557 g/mol. The molecule has 0 radical (unpaired) electrons. The zero-order valence-electron chi connectivity index (χ0n) is 18.5. The van der Waals surface area contributed by atoms with Crippen LogP contribution in [0.1, 0.15) is 30.6 Å². The molecule has 0 saturated heterocycles. The van der Waals surface area contributed by atoms with E-state index in [4.69, 9.17) is 9.32 Å². The maximum atomic E-state index is 13.4. The van der Waals surface area contributed by atoms with Gasteiger partial charge in [0.15, 0.2) is 9.84 Å². The van der Waals surface area contributed by atoms with Gasteiger partial charge in [0.05, 0.1) is 15.8 Å². The minimum Gasteiger partial charge on any atom is -0.379 e. The fourth-order valence-electron chi connectivity index (χ4n) is 3.95. The number of sulfone groups is 1. The summed E-state index contributed by atoms with van der Waals surface area (Å²) in [7, 11) is -13.3. The standard InChI is InChI=1S/C22H24N2O7S4/c23-34(27,28)22-14-20(35(29,30)31-16-7-2-1-3-8-16)19(24-15-17-9-6-12-32-17)13-21(22)33(25,26)18-10-4-5-11-18/h1-3,6-9,12-14,18,24H,4-5,10-11,15H2,(H2,23,27,28). The number of rotatable bonds is 9. The summed E-state index contributed by atoms with van der Waals surface area (Å²) in [5.74, 6) is 0.0107. The molecule has 3 N–H and O–H groups in total. The Morgan fingerprint density at radius 3 is 2.17 bits per heavy atom. The van der Waals surface area contributed by atoms with Gasteiger partial charge in [-0.2, -0.15) is 8.42 Å². The minimum absolute atomic E-state index is 0.0107. The molecule has 0 bridgehead atoms. The van der Waals surface area contributed by atoms with Crippen LogP contribution in [-0.2, 0) is 36.5 Å². The van der Waals surface area contributed by atoms with Gasteiger partial charge in [-0.05, 0) is 48.6 Å². The van der Waals surface area contributed by atoms with Crippen molar-refractivity contribution in [3.63, 3.8) is 0 Å². The largest absolute Gasteiger partial charge is 0.379 e. The van der Waals surface area contributed by atoms with Gasteiger partial charge in [-0.25, -0.2) is 22.0 Å². The highest BCUT2D eigenvalue weighted by Gasteiger charge is 2.36. The first kappa shape index (κ1) is 25.6. The molecule has 0 aliphatic heterocycles. The molecule has 0 amide bonds. The van der Waals surface area contributed by atoms with Crippen molar-refractivity contribution in [3.8, 4) is 5.75 Å².